The maximum absolute atomic E-state index is 12.0. The maximum Gasteiger partial charge on any atom is 0.251 e. The Morgan fingerprint density at radius 2 is 1.95 bits per heavy atom. The van der Waals surface area contributed by atoms with Gasteiger partial charge in [0.25, 0.3) is 5.91 Å². The number of halogens is 2. The SMILES string of the molecule is O=C(NCCC(=O)N1CCCCC1)c1ccc(Cl)c(Br)c1. The van der Waals surface area contributed by atoms with Gasteiger partial charge in [0.15, 0.2) is 0 Å². The van der Waals surface area contributed by atoms with E-state index in [-0.39, 0.29) is 11.8 Å². The van der Waals surface area contributed by atoms with Crippen molar-refractivity contribution in [2.24, 2.45) is 0 Å². The van der Waals surface area contributed by atoms with Gasteiger partial charge in [0.05, 0.1) is 5.02 Å². The first-order chi connectivity index (χ1) is 10.1. The van der Waals surface area contributed by atoms with Crippen LogP contribution in [0.3, 0.4) is 0 Å². The summed E-state index contributed by atoms with van der Waals surface area (Å²) in [6.07, 6.45) is 3.71. The van der Waals surface area contributed by atoms with Gasteiger partial charge in [-0.3, -0.25) is 9.59 Å². The van der Waals surface area contributed by atoms with Crippen LogP contribution in [0, 0.1) is 0 Å². The highest BCUT2D eigenvalue weighted by Crippen LogP contribution is 2.23. The van der Waals surface area contributed by atoms with Crippen LogP contribution in [0.5, 0.6) is 0 Å². The second kappa shape index (κ2) is 7.80. The monoisotopic (exact) mass is 372 g/mol. The number of carbonyl (C=O) groups is 2. The molecule has 1 fully saturated rings. The van der Waals surface area contributed by atoms with E-state index in [1.807, 2.05) is 4.90 Å². The first-order valence-electron chi connectivity index (χ1n) is 7.09. The minimum absolute atomic E-state index is 0.118. The van der Waals surface area contributed by atoms with Gasteiger partial charge in [-0.1, -0.05) is 11.6 Å². The number of nitrogens with zero attached hydrogens (tertiary/aromatic N) is 1. The molecule has 2 rings (SSSR count). The van der Waals surface area contributed by atoms with Crippen LogP contribution in [0.4, 0.5) is 0 Å². The van der Waals surface area contributed by atoms with Crippen molar-refractivity contribution in [1.82, 2.24) is 10.2 Å². The van der Waals surface area contributed by atoms with Crippen molar-refractivity contribution in [2.45, 2.75) is 25.7 Å². The first kappa shape index (κ1) is 16.3. The molecule has 2 amide bonds. The van der Waals surface area contributed by atoms with E-state index in [0.717, 1.165) is 25.9 Å². The highest BCUT2D eigenvalue weighted by Gasteiger charge is 2.16. The zero-order chi connectivity index (χ0) is 15.2. The topological polar surface area (TPSA) is 49.4 Å². The molecule has 0 aromatic heterocycles. The summed E-state index contributed by atoms with van der Waals surface area (Å²) in [4.78, 5) is 25.8. The first-order valence-corrected chi connectivity index (χ1v) is 8.26. The molecule has 114 valence electrons. The van der Waals surface area contributed by atoms with Crippen LogP contribution in [0.1, 0.15) is 36.0 Å². The summed E-state index contributed by atoms with van der Waals surface area (Å²) in [5, 5.41) is 3.33. The number of amides is 2. The largest absolute Gasteiger partial charge is 0.352 e. The quantitative estimate of drug-likeness (QED) is 0.881. The number of hydrogen-bond donors (Lipinski definition) is 1. The third kappa shape index (κ3) is 4.71. The number of piperidine rings is 1. The summed E-state index contributed by atoms with van der Waals surface area (Å²) >= 11 is 9.17. The predicted molar refractivity (Wildman–Crippen MR) is 86.5 cm³/mol. The fourth-order valence-corrected chi connectivity index (χ4v) is 2.82. The molecule has 0 saturated carbocycles. The fourth-order valence-electron chi connectivity index (χ4n) is 2.32. The third-order valence-electron chi connectivity index (χ3n) is 3.51. The van der Waals surface area contributed by atoms with Crippen LogP contribution < -0.4 is 5.32 Å². The van der Waals surface area contributed by atoms with E-state index >= 15 is 0 Å². The Labute approximate surface area is 138 Å². The fraction of sp³-hybridized carbons (Fsp3) is 0.467. The van der Waals surface area contributed by atoms with Crippen LogP contribution in [-0.2, 0) is 4.79 Å². The standard InChI is InChI=1S/C15H18BrClN2O2/c16-12-10-11(4-5-13(12)17)15(21)18-7-6-14(20)19-8-2-1-3-9-19/h4-5,10H,1-3,6-9H2,(H,18,21). The van der Waals surface area contributed by atoms with Crippen molar-refractivity contribution in [3.63, 3.8) is 0 Å². The molecule has 0 aliphatic carbocycles. The summed E-state index contributed by atoms with van der Waals surface area (Å²) in [5.41, 5.74) is 0.525. The van der Waals surface area contributed by atoms with Gasteiger partial charge >= 0.3 is 0 Å². The van der Waals surface area contributed by atoms with E-state index in [1.54, 1.807) is 18.2 Å². The van der Waals surface area contributed by atoms with Crippen LogP contribution in [0.25, 0.3) is 0 Å². The van der Waals surface area contributed by atoms with Crippen LogP contribution in [0.2, 0.25) is 5.02 Å². The highest BCUT2D eigenvalue weighted by atomic mass is 79.9. The highest BCUT2D eigenvalue weighted by molar-refractivity contribution is 9.10. The summed E-state index contributed by atoms with van der Waals surface area (Å²) in [6, 6.07) is 5.00. The normalized spacial score (nSPS) is 14.9. The lowest BCUT2D eigenvalue weighted by Crippen LogP contribution is -2.37. The predicted octanol–water partition coefficient (Wildman–Crippen LogP) is 3.23. The molecule has 1 aromatic rings. The summed E-state index contributed by atoms with van der Waals surface area (Å²) in [7, 11) is 0. The molecule has 1 heterocycles. The zero-order valence-electron chi connectivity index (χ0n) is 11.7. The number of carbonyl (C=O) groups excluding carboxylic acids is 2. The van der Waals surface area contributed by atoms with Crippen molar-refractivity contribution in [3.8, 4) is 0 Å². The van der Waals surface area contributed by atoms with Crippen molar-refractivity contribution in [3.05, 3.63) is 33.3 Å². The van der Waals surface area contributed by atoms with E-state index in [9.17, 15) is 9.59 Å². The molecule has 1 saturated heterocycles. The zero-order valence-corrected chi connectivity index (χ0v) is 14.0. The Morgan fingerprint density at radius 3 is 2.62 bits per heavy atom. The van der Waals surface area contributed by atoms with Crippen molar-refractivity contribution < 1.29 is 9.59 Å². The maximum atomic E-state index is 12.0. The Morgan fingerprint density at radius 1 is 1.24 bits per heavy atom. The molecule has 4 nitrogen and oxygen atoms in total. The smallest absolute Gasteiger partial charge is 0.251 e. The van der Waals surface area contributed by atoms with Gasteiger partial charge < -0.3 is 10.2 Å². The minimum Gasteiger partial charge on any atom is -0.352 e. The Kier molecular flexibility index (Phi) is 6.06. The van der Waals surface area contributed by atoms with Gasteiger partial charge in [0.2, 0.25) is 5.91 Å². The van der Waals surface area contributed by atoms with Crippen molar-refractivity contribution in [1.29, 1.82) is 0 Å². The van der Waals surface area contributed by atoms with E-state index in [4.69, 9.17) is 11.6 Å². The average molecular weight is 374 g/mol. The van der Waals surface area contributed by atoms with Crippen molar-refractivity contribution in [2.75, 3.05) is 19.6 Å². The summed E-state index contributed by atoms with van der Waals surface area (Å²) in [6.45, 7) is 2.04. The third-order valence-corrected chi connectivity index (χ3v) is 4.73. The number of rotatable bonds is 4. The number of hydrogen-bond acceptors (Lipinski definition) is 2. The van der Waals surface area contributed by atoms with Gasteiger partial charge in [0.1, 0.15) is 0 Å². The Balaban J connectivity index is 1.78. The summed E-state index contributed by atoms with van der Waals surface area (Å²) in [5.74, 6) is -0.0777. The average Bonchev–Trinajstić information content (AvgIpc) is 2.50. The molecule has 1 aliphatic heterocycles. The molecule has 1 aromatic carbocycles. The lowest BCUT2D eigenvalue weighted by Gasteiger charge is -2.26. The molecular formula is C15H18BrClN2O2. The van der Waals surface area contributed by atoms with Gasteiger partial charge in [-0.05, 0) is 53.4 Å². The molecular weight excluding hydrogens is 356 g/mol. The molecule has 0 atom stereocenters. The van der Waals surface area contributed by atoms with E-state index < -0.39 is 0 Å². The van der Waals surface area contributed by atoms with Crippen molar-refractivity contribution >= 4 is 39.3 Å². The molecule has 1 N–H and O–H groups in total. The minimum atomic E-state index is -0.196. The molecule has 0 bridgehead atoms. The van der Waals surface area contributed by atoms with Gasteiger partial charge in [-0.2, -0.15) is 0 Å². The van der Waals surface area contributed by atoms with E-state index in [1.165, 1.54) is 6.42 Å². The number of likely N-dealkylation sites (tertiary alicyclic amines) is 1. The molecule has 1 aliphatic rings. The molecule has 0 spiro atoms. The van der Waals surface area contributed by atoms with Crippen LogP contribution >= 0.6 is 27.5 Å². The second-order valence-corrected chi connectivity index (χ2v) is 6.34. The van der Waals surface area contributed by atoms with E-state index in [2.05, 4.69) is 21.2 Å². The van der Waals surface area contributed by atoms with Gasteiger partial charge in [-0.25, -0.2) is 0 Å². The Bertz CT molecular complexity index is 530. The molecule has 0 unspecified atom stereocenters. The molecule has 21 heavy (non-hydrogen) atoms. The van der Waals surface area contributed by atoms with Gasteiger partial charge in [-0.15, -0.1) is 0 Å². The van der Waals surface area contributed by atoms with Crippen LogP contribution in [-0.4, -0.2) is 36.3 Å². The Hall–Kier alpha value is -1.07. The number of benzene rings is 1. The van der Waals surface area contributed by atoms with Gasteiger partial charge in [0, 0.05) is 36.1 Å². The van der Waals surface area contributed by atoms with E-state index in [0.29, 0.717) is 28.0 Å². The lowest BCUT2D eigenvalue weighted by atomic mass is 10.1. The number of nitrogens with one attached hydrogen (secondary N) is 1. The molecule has 6 heteroatoms. The molecule has 0 radical (unpaired) electrons. The lowest BCUT2D eigenvalue weighted by molar-refractivity contribution is -0.131. The summed E-state index contributed by atoms with van der Waals surface area (Å²) < 4.78 is 0.682. The van der Waals surface area contributed by atoms with Crippen LogP contribution in [0.15, 0.2) is 22.7 Å². The second-order valence-electron chi connectivity index (χ2n) is 5.08.